The Morgan fingerprint density at radius 3 is 1.54 bits per heavy atom. The van der Waals surface area contributed by atoms with Gasteiger partial charge in [0.25, 0.3) is 0 Å². The Morgan fingerprint density at radius 1 is 0.589 bits per heavy atom. The number of ketones is 5. The average molecular weight is 775 g/mol. The molecule has 0 amide bonds. The van der Waals surface area contributed by atoms with E-state index in [0.29, 0.717) is 94.0 Å². The van der Waals surface area contributed by atoms with Crippen molar-refractivity contribution in [3.8, 4) is 0 Å². The van der Waals surface area contributed by atoms with Crippen molar-refractivity contribution in [3.63, 3.8) is 0 Å². The molecule has 5 nitrogen and oxygen atoms in total. The first-order valence-corrected chi connectivity index (χ1v) is 22.4. The molecule has 0 spiro atoms. The number of rotatable bonds is 7. The van der Waals surface area contributed by atoms with Crippen molar-refractivity contribution in [2.75, 3.05) is 0 Å². The van der Waals surface area contributed by atoms with E-state index in [1.807, 2.05) is 19.9 Å². The van der Waals surface area contributed by atoms with Crippen molar-refractivity contribution in [2.24, 2.45) is 71.0 Å². The third-order valence-corrected chi connectivity index (χ3v) is 12.8. The summed E-state index contributed by atoms with van der Waals surface area (Å²) in [5, 5.41) is 0. The molecule has 0 saturated heterocycles. The Balaban J connectivity index is 0.000000350. The van der Waals surface area contributed by atoms with Crippen molar-refractivity contribution >= 4 is 28.9 Å². The summed E-state index contributed by atoms with van der Waals surface area (Å²) in [4.78, 5) is 55.7. The average Bonchev–Trinajstić information content (AvgIpc) is 3.16. The van der Waals surface area contributed by atoms with Gasteiger partial charge in [-0.3, -0.25) is 24.0 Å². The van der Waals surface area contributed by atoms with Crippen molar-refractivity contribution in [2.45, 2.75) is 161 Å². The van der Waals surface area contributed by atoms with Crippen molar-refractivity contribution < 1.29 is 24.0 Å². The Bertz CT molecular complexity index is 1410. The van der Waals surface area contributed by atoms with E-state index in [-0.39, 0.29) is 5.92 Å². The lowest BCUT2D eigenvalue weighted by molar-refractivity contribution is -0.119. The lowest BCUT2D eigenvalue weighted by Crippen LogP contribution is -2.22. The monoisotopic (exact) mass is 775 g/mol. The zero-order valence-electron chi connectivity index (χ0n) is 38.2. The van der Waals surface area contributed by atoms with Gasteiger partial charge in [-0.05, 0) is 134 Å². The summed E-state index contributed by atoms with van der Waals surface area (Å²) in [5.41, 5.74) is 2.02. The minimum absolute atomic E-state index is 0.243. The molecule has 0 radical (unpaired) electrons. The van der Waals surface area contributed by atoms with E-state index in [0.717, 1.165) is 75.4 Å². The second kappa shape index (κ2) is 26.1. The number of Topliss-reactive ketones (excluding diaryl/α,β-unsaturated/α-hetero) is 2. The molecular weight excluding hydrogens is 693 g/mol. The Labute approximate surface area is 343 Å². The minimum atomic E-state index is 0.243. The maximum absolute atomic E-state index is 11.3. The summed E-state index contributed by atoms with van der Waals surface area (Å²) in [5.74, 6) is 8.55. The zero-order chi connectivity index (χ0) is 42.7. The van der Waals surface area contributed by atoms with Crippen LogP contribution in [0.1, 0.15) is 161 Å². The van der Waals surface area contributed by atoms with Crippen LogP contribution in [0.15, 0.2) is 59.8 Å². The standard InChI is InChI=1S/2C11H18O.2C10H16O.C9H14O/c2*1-4-9-7-10(8(2)3)5-6-11(9)12;2*1-7(2)9-4-5-10(11)8(3)6-9;1-3-8-6-9(10)5-4-7(8)2/h7-8,10H,4-6H2,1-3H3;5-6,8-10H,4,7H2,1-3H3;6-7,9H,4-5H2,1-3H3;4-5,7-9H,6H2,1-3H3;4-5,7-8H,3,6H2,1-2H3. The molecule has 0 bridgehead atoms. The molecule has 56 heavy (non-hydrogen) atoms. The molecule has 5 aliphatic carbocycles. The fourth-order valence-corrected chi connectivity index (χ4v) is 7.92. The number of hydrogen-bond donors (Lipinski definition) is 0. The smallest absolute Gasteiger partial charge is 0.158 e. The Kier molecular flexibility index (Phi) is 23.8. The number of allylic oxidation sites excluding steroid dienone is 10. The molecule has 316 valence electrons. The van der Waals surface area contributed by atoms with Crippen LogP contribution in [0.25, 0.3) is 0 Å². The minimum Gasteiger partial charge on any atom is -0.295 e. The SMILES string of the molecule is CC1=CC(C(C)C)CCC1=O.CC1CC(C(C)C)C=CC1=O.CCC1=CC(C(C)C)CCC1=O.CCC1CC(=O)C=CC1C.CCC1CC(C(C)C)C=CC1=O. The summed E-state index contributed by atoms with van der Waals surface area (Å²) in [6.07, 6.45) is 25.2. The van der Waals surface area contributed by atoms with Crippen LogP contribution in [0.2, 0.25) is 0 Å². The van der Waals surface area contributed by atoms with Gasteiger partial charge in [0, 0.05) is 31.1 Å². The van der Waals surface area contributed by atoms with Gasteiger partial charge in [0.15, 0.2) is 28.9 Å². The Morgan fingerprint density at radius 2 is 1.09 bits per heavy atom. The van der Waals surface area contributed by atoms with Crippen LogP contribution >= 0.6 is 0 Å². The second-order valence-electron chi connectivity index (χ2n) is 18.5. The summed E-state index contributed by atoms with van der Waals surface area (Å²) in [6, 6.07) is 0. The summed E-state index contributed by atoms with van der Waals surface area (Å²) in [6.45, 7) is 30.2. The maximum atomic E-state index is 11.3. The van der Waals surface area contributed by atoms with Gasteiger partial charge in [0.05, 0.1) is 0 Å². The molecule has 0 aromatic carbocycles. The normalized spacial score (nSPS) is 28.7. The van der Waals surface area contributed by atoms with Crippen LogP contribution in [-0.4, -0.2) is 28.9 Å². The molecule has 5 aliphatic rings. The van der Waals surface area contributed by atoms with E-state index >= 15 is 0 Å². The molecule has 5 heteroatoms. The predicted octanol–water partition coefficient (Wildman–Crippen LogP) is 12.9. The molecule has 0 aromatic rings. The number of hydrogen-bond acceptors (Lipinski definition) is 5. The second-order valence-corrected chi connectivity index (χ2v) is 18.5. The summed E-state index contributed by atoms with van der Waals surface area (Å²) < 4.78 is 0. The lowest BCUT2D eigenvalue weighted by Gasteiger charge is -2.25. The Hall–Kier alpha value is -2.95. The number of carbonyl (C=O) groups excluding carboxylic acids is 5. The largest absolute Gasteiger partial charge is 0.295 e. The first-order chi connectivity index (χ1) is 26.2. The van der Waals surface area contributed by atoms with Crippen LogP contribution in [0.4, 0.5) is 0 Å². The molecule has 5 rings (SSSR count). The van der Waals surface area contributed by atoms with E-state index in [1.54, 1.807) is 18.2 Å². The lowest BCUT2D eigenvalue weighted by atomic mass is 9.79. The first kappa shape index (κ1) is 51.1. The maximum Gasteiger partial charge on any atom is 0.158 e. The quantitative estimate of drug-likeness (QED) is 0.257. The van der Waals surface area contributed by atoms with Gasteiger partial charge in [-0.1, -0.05) is 127 Å². The topological polar surface area (TPSA) is 85.3 Å². The van der Waals surface area contributed by atoms with Crippen LogP contribution in [0, 0.1) is 71.0 Å². The van der Waals surface area contributed by atoms with Gasteiger partial charge in [-0.2, -0.15) is 0 Å². The fourth-order valence-electron chi connectivity index (χ4n) is 7.92. The summed E-state index contributed by atoms with van der Waals surface area (Å²) >= 11 is 0. The van der Waals surface area contributed by atoms with Gasteiger partial charge in [-0.25, -0.2) is 0 Å². The molecule has 0 aliphatic heterocycles. The molecule has 0 fully saturated rings. The highest BCUT2D eigenvalue weighted by atomic mass is 16.1. The van der Waals surface area contributed by atoms with Crippen LogP contribution in [-0.2, 0) is 24.0 Å². The van der Waals surface area contributed by atoms with Crippen molar-refractivity contribution in [3.05, 3.63) is 59.8 Å². The summed E-state index contributed by atoms with van der Waals surface area (Å²) in [7, 11) is 0. The van der Waals surface area contributed by atoms with E-state index in [9.17, 15) is 24.0 Å². The zero-order valence-corrected chi connectivity index (χ0v) is 38.2. The van der Waals surface area contributed by atoms with Crippen molar-refractivity contribution in [1.82, 2.24) is 0 Å². The molecule has 0 saturated carbocycles. The van der Waals surface area contributed by atoms with E-state index in [1.165, 1.54) is 0 Å². The van der Waals surface area contributed by atoms with Crippen LogP contribution < -0.4 is 0 Å². The third kappa shape index (κ3) is 18.1. The fraction of sp³-hybridized carbons (Fsp3) is 0.706. The molecule has 0 heterocycles. The van der Waals surface area contributed by atoms with Crippen LogP contribution in [0.3, 0.4) is 0 Å². The molecule has 8 unspecified atom stereocenters. The number of carbonyl (C=O) groups is 5. The van der Waals surface area contributed by atoms with Gasteiger partial charge in [0.1, 0.15) is 0 Å². The first-order valence-electron chi connectivity index (χ1n) is 22.4. The highest BCUT2D eigenvalue weighted by Gasteiger charge is 2.25. The highest BCUT2D eigenvalue weighted by molar-refractivity contribution is 5.96. The van der Waals surface area contributed by atoms with Gasteiger partial charge in [0.2, 0.25) is 0 Å². The van der Waals surface area contributed by atoms with E-state index < -0.39 is 0 Å². The van der Waals surface area contributed by atoms with Gasteiger partial charge in [-0.15, -0.1) is 0 Å². The predicted molar refractivity (Wildman–Crippen MR) is 236 cm³/mol. The molecule has 0 N–H and O–H groups in total. The van der Waals surface area contributed by atoms with Gasteiger partial charge >= 0.3 is 0 Å². The van der Waals surface area contributed by atoms with E-state index in [2.05, 4.69) is 107 Å². The van der Waals surface area contributed by atoms with Crippen LogP contribution in [0.5, 0.6) is 0 Å². The van der Waals surface area contributed by atoms with E-state index in [4.69, 9.17) is 0 Å². The molecule has 0 aromatic heterocycles. The van der Waals surface area contributed by atoms with Crippen molar-refractivity contribution in [1.29, 1.82) is 0 Å². The third-order valence-electron chi connectivity index (χ3n) is 12.8. The molecule has 8 atom stereocenters. The van der Waals surface area contributed by atoms with Gasteiger partial charge < -0.3 is 0 Å². The molecular formula is C51H82O5. The highest BCUT2D eigenvalue weighted by Crippen LogP contribution is 2.30.